The molecule has 0 aliphatic heterocycles. The van der Waals surface area contributed by atoms with Crippen molar-refractivity contribution < 1.29 is 14.3 Å². The molecule has 0 saturated heterocycles. The molecule has 1 N–H and O–H groups in total. The molecule has 17 heavy (non-hydrogen) atoms. The Kier molecular flexibility index (Phi) is 7.16. The lowest BCUT2D eigenvalue weighted by Crippen LogP contribution is -2.38. The van der Waals surface area contributed by atoms with E-state index < -0.39 is 0 Å². The fourth-order valence-electron chi connectivity index (χ4n) is 1.59. The molecular formula is C12H24N2O3. The summed E-state index contributed by atoms with van der Waals surface area (Å²) in [7, 11) is 3.29. The summed E-state index contributed by atoms with van der Waals surface area (Å²) in [4.78, 5) is 13.7. The molecule has 0 aromatic carbocycles. The minimum Gasteiger partial charge on any atom is -0.383 e. The van der Waals surface area contributed by atoms with E-state index in [-0.39, 0.29) is 5.91 Å². The normalized spacial score (nSPS) is 14.9. The van der Waals surface area contributed by atoms with Crippen molar-refractivity contribution in [1.82, 2.24) is 10.2 Å². The minimum atomic E-state index is 0.173. The maximum absolute atomic E-state index is 11.9. The summed E-state index contributed by atoms with van der Waals surface area (Å²) in [6.45, 7) is 3.21. The van der Waals surface area contributed by atoms with Gasteiger partial charge in [0.05, 0.1) is 13.2 Å². The quantitative estimate of drug-likeness (QED) is 0.598. The van der Waals surface area contributed by atoms with Crippen molar-refractivity contribution in [3.8, 4) is 0 Å². The van der Waals surface area contributed by atoms with Gasteiger partial charge in [-0.15, -0.1) is 0 Å². The standard InChI is InChI=1S/C12H24N2O3/c1-16-9-7-14(8-10-17-2)12(15)5-6-13-11-3-4-11/h11,13H,3-10H2,1-2H3. The van der Waals surface area contributed by atoms with Crippen molar-refractivity contribution in [1.29, 1.82) is 0 Å². The van der Waals surface area contributed by atoms with E-state index in [0.717, 1.165) is 6.54 Å². The number of hydrogen-bond acceptors (Lipinski definition) is 4. The number of nitrogens with zero attached hydrogens (tertiary/aromatic N) is 1. The molecule has 0 aromatic rings. The van der Waals surface area contributed by atoms with Crippen LogP contribution in [0.5, 0.6) is 0 Å². The van der Waals surface area contributed by atoms with Crippen molar-refractivity contribution in [3.63, 3.8) is 0 Å². The van der Waals surface area contributed by atoms with Crippen LogP contribution in [-0.2, 0) is 14.3 Å². The number of carbonyl (C=O) groups excluding carboxylic acids is 1. The van der Waals surface area contributed by atoms with Crippen LogP contribution in [-0.4, -0.2) is 63.9 Å². The maximum Gasteiger partial charge on any atom is 0.224 e. The Morgan fingerprint density at radius 1 is 1.24 bits per heavy atom. The maximum atomic E-state index is 11.9. The number of nitrogens with one attached hydrogen (secondary N) is 1. The van der Waals surface area contributed by atoms with Crippen molar-refractivity contribution in [2.75, 3.05) is 47.1 Å². The molecule has 1 aliphatic rings. The van der Waals surface area contributed by atoms with Gasteiger partial charge in [0.25, 0.3) is 0 Å². The first-order valence-corrected chi connectivity index (χ1v) is 6.27. The predicted molar refractivity (Wildman–Crippen MR) is 66.0 cm³/mol. The molecular weight excluding hydrogens is 220 g/mol. The highest BCUT2D eigenvalue weighted by Crippen LogP contribution is 2.18. The lowest BCUT2D eigenvalue weighted by Gasteiger charge is -2.22. The summed E-state index contributed by atoms with van der Waals surface area (Å²) in [6, 6.07) is 0.661. The highest BCUT2D eigenvalue weighted by molar-refractivity contribution is 5.76. The summed E-state index contributed by atoms with van der Waals surface area (Å²) in [5.41, 5.74) is 0. The summed E-state index contributed by atoms with van der Waals surface area (Å²) < 4.78 is 10.0. The first kappa shape index (κ1) is 14.4. The molecule has 100 valence electrons. The van der Waals surface area contributed by atoms with Gasteiger partial charge in [-0.1, -0.05) is 0 Å². The SMILES string of the molecule is COCCN(CCOC)C(=O)CCNC1CC1. The van der Waals surface area contributed by atoms with Crippen LogP contribution in [0.3, 0.4) is 0 Å². The van der Waals surface area contributed by atoms with Gasteiger partial charge in [0.1, 0.15) is 0 Å². The lowest BCUT2D eigenvalue weighted by atomic mass is 10.3. The summed E-state index contributed by atoms with van der Waals surface area (Å²) in [5, 5.41) is 3.34. The van der Waals surface area contributed by atoms with Crippen LogP contribution >= 0.6 is 0 Å². The Hall–Kier alpha value is -0.650. The Bertz CT molecular complexity index is 212. The molecule has 0 spiro atoms. The van der Waals surface area contributed by atoms with Gasteiger partial charge in [-0.05, 0) is 12.8 Å². The van der Waals surface area contributed by atoms with E-state index in [0.29, 0.717) is 38.8 Å². The molecule has 1 aliphatic carbocycles. The van der Waals surface area contributed by atoms with Gasteiger partial charge in [-0.25, -0.2) is 0 Å². The van der Waals surface area contributed by atoms with Gasteiger partial charge in [0.2, 0.25) is 5.91 Å². The largest absolute Gasteiger partial charge is 0.383 e. The second kappa shape index (κ2) is 8.44. The molecule has 0 unspecified atom stereocenters. The highest BCUT2D eigenvalue weighted by Gasteiger charge is 2.21. The van der Waals surface area contributed by atoms with E-state index in [4.69, 9.17) is 9.47 Å². The Morgan fingerprint density at radius 2 is 1.82 bits per heavy atom. The zero-order valence-corrected chi connectivity index (χ0v) is 10.9. The van der Waals surface area contributed by atoms with Gasteiger partial charge in [0.15, 0.2) is 0 Å². The number of carbonyl (C=O) groups is 1. The molecule has 0 radical (unpaired) electrons. The molecule has 1 saturated carbocycles. The van der Waals surface area contributed by atoms with Gasteiger partial charge in [-0.3, -0.25) is 4.79 Å². The van der Waals surface area contributed by atoms with Crippen LogP contribution in [0.4, 0.5) is 0 Å². The van der Waals surface area contributed by atoms with Gasteiger partial charge in [0, 0.05) is 46.3 Å². The van der Waals surface area contributed by atoms with Crippen LogP contribution in [0.1, 0.15) is 19.3 Å². The van der Waals surface area contributed by atoms with E-state index in [2.05, 4.69) is 5.32 Å². The van der Waals surface area contributed by atoms with E-state index >= 15 is 0 Å². The van der Waals surface area contributed by atoms with E-state index in [9.17, 15) is 4.79 Å². The minimum absolute atomic E-state index is 0.173. The number of hydrogen-bond donors (Lipinski definition) is 1. The zero-order chi connectivity index (χ0) is 12.5. The molecule has 1 fully saturated rings. The topological polar surface area (TPSA) is 50.8 Å². The number of rotatable bonds is 10. The molecule has 0 aromatic heterocycles. The molecule has 5 heteroatoms. The average Bonchev–Trinajstić information content (AvgIpc) is 3.13. The van der Waals surface area contributed by atoms with Crippen LogP contribution < -0.4 is 5.32 Å². The number of methoxy groups -OCH3 is 2. The van der Waals surface area contributed by atoms with Crippen LogP contribution in [0.25, 0.3) is 0 Å². The predicted octanol–water partition coefficient (Wildman–Crippen LogP) is 0.250. The van der Waals surface area contributed by atoms with Crippen LogP contribution in [0.15, 0.2) is 0 Å². The van der Waals surface area contributed by atoms with Crippen LogP contribution in [0.2, 0.25) is 0 Å². The van der Waals surface area contributed by atoms with Crippen molar-refractivity contribution in [3.05, 3.63) is 0 Å². The third-order valence-electron chi connectivity index (χ3n) is 2.83. The number of amides is 1. The van der Waals surface area contributed by atoms with Crippen LogP contribution in [0, 0.1) is 0 Å². The lowest BCUT2D eigenvalue weighted by molar-refractivity contribution is -0.132. The second-order valence-electron chi connectivity index (χ2n) is 4.34. The first-order valence-electron chi connectivity index (χ1n) is 6.27. The zero-order valence-electron chi connectivity index (χ0n) is 10.9. The fourth-order valence-corrected chi connectivity index (χ4v) is 1.59. The van der Waals surface area contributed by atoms with Gasteiger partial charge < -0.3 is 19.7 Å². The molecule has 1 amide bonds. The fraction of sp³-hybridized carbons (Fsp3) is 0.917. The Morgan fingerprint density at radius 3 is 2.29 bits per heavy atom. The van der Waals surface area contributed by atoms with Crippen molar-refractivity contribution in [2.24, 2.45) is 0 Å². The van der Waals surface area contributed by atoms with Gasteiger partial charge >= 0.3 is 0 Å². The monoisotopic (exact) mass is 244 g/mol. The molecule has 0 atom stereocenters. The van der Waals surface area contributed by atoms with Gasteiger partial charge in [-0.2, -0.15) is 0 Å². The molecule has 0 bridgehead atoms. The summed E-state index contributed by atoms with van der Waals surface area (Å²) >= 11 is 0. The average molecular weight is 244 g/mol. The first-order chi connectivity index (χ1) is 8.27. The third kappa shape index (κ3) is 6.61. The van der Waals surface area contributed by atoms with Crippen molar-refractivity contribution >= 4 is 5.91 Å². The van der Waals surface area contributed by atoms with E-state index in [1.54, 1.807) is 14.2 Å². The van der Waals surface area contributed by atoms with E-state index in [1.165, 1.54) is 12.8 Å². The Labute approximate surface area is 103 Å². The van der Waals surface area contributed by atoms with Crippen molar-refractivity contribution in [2.45, 2.75) is 25.3 Å². The summed E-state index contributed by atoms with van der Waals surface area (Å²) in [6.07, 6.45) is 3.07. The molecule has 1 rings (SSSR count). The third-order valence-corrected chi connectivity index (χ3v) is 2.83. The number of ether oxygens (including phenoxy) is 2. The van der Waals surface area contributed by atoms with E-state index in [1.807, 2.05) is 4.90 Å². The second-order valence-corrected chi connectivity index (χ2v) is 4.34. The molecule has 0 heterocycles. The summed E-state index contributed by atoms with van der Waals surface area (Å²) in [5.74, 6) is 0.173. The smallest absolute Gasteiger partial charge is 0.224 e. The highest BCUT2D eigenvalue weighted by atomic mass is 16.5. The Balaban J connectivity index is 2.18. The molecule has 5 nitrogen and oxygen atoms in total.